The van der Waals surface area contributed by atoms with Crippen molar-refractivity contribution < 1.29 is 19.0 Å². The van der Waals surface area contributed by atoms with Gasteiger partial charge in [-0.2, -0.15) is 0 Å². The van der Waals surface area contributed by atoms with E-state index in [-0.39, 0.29) is 24.3 Å². The van der Waals surface area contributed by atoms with Crippen LogP contribution in [0.5, 0.6) is 11.5 Å². The van der Waals surface area contributed by atoms with E-state index in [0.717, 1.165) is 6.42 Å². The SMILES string of the molecule is CC1(C)COC(Cc2ccccc2)CN1C(=O)c1ccc2c(c1)OCO2. The lowest BCUT2D eigenvalue weighted by atomic mass is 9.97. The zero-order chi connectivity index (χ0) is 18.1. The number of nitrogens with zero attached hydrogens (tertiary/aromatic N) is 1. The van der Waals surface area contributed by atoms with Gasteiger partial charge in [0.25, 0.3) is 5.91 Å². The number of benzene rings is 2. The average molecular weight is 353 g/mol. The summed E-state index contributed by atoms with van der Waals surface area (Å²) < 4.78 is 16.8. The number of ether oxygens (including phenoxy) is 3. The first-order valence-electron chi connectivity index (χ1n) is 8.90. The fourth-order valence-corrected chi connectivity index (χ4v) is 3.45. The molecule has 1 amide bonds. The molecule has 0 N–H and O–H groups in total. The smallest absolute Gasteiger partial charge is 0.254 e. The number of amides is 1. The molecule has 0 aromatic heterocycles. The van der Waals surface area contributed by atoms with Gasteiger partial charge in [-0.15, -0.1) is 0 Å². The van der Waals surface area contributed by atoms with E-state index in [1.807, 2.05) is 36.9 Å². The first kappa shape index (κ1) is 16.9. The van der Waals surface area contributed by atoms with Crippen molar-refractivity contribution in [1.82, 2.24) is 4.90 Å². The Morgan fingerprint density at radius 2 is 1.88 bits per heavy atom. The zero-order valence-electron chi connectivity index (χ0n) is 15.1. The van der Waals surface area contributed by atoms with Crippen LogP contribution in [0, 0.1) is 0 Å². The molecule has 5 nitrogen and oxygen atoms in total. The number of hydrogen-bond acceptors (Lipinski definition) is 4. The normalized spacial score (nSPS) is 20.8. The molecular weight excluding hydrogens is 330 g/mol. The molecule has 0 bridgehead atoms. The zero-order valence-corrected chi connectivity index (χ0v) is 15.1. The molecule has 4 rings (SSSR count). The standard InChI is InChI=1S/C21H23NO4/c1-21(2)13-24-17(10-15-6-4-3-5-7-15)12-22(21)20(23)16-8-9-18-19(11-16)26-14-25-18/h3-9,11,17H,10,12-14H2,1-2H3. The highest BCUT2D eigenvalue weighted by Gasteiger charge is 2.38. The van der Waals surface area contributed by atoms with Crippen LogP contribution in [0.2, 0.25) is 0 Å². The van der Waals surface area contributed by atoms with Gasteiger partial charge < -0.3 is 19.1 Å². The Morgan fingerprint density at radius 3 is 2.69 bits per heavy atom. The molecule has 26 heavy (non-hydrogen) atoms. The van der Waals surface area contributed by atoms with E-state index >= 15 is 0 Å². The molecule has 1 saturated heterocycles. The second-order valence-electron chi connectivity index (χ2n) is 7.42. The molecule has 5 heteroatoms. The van der Waals surface area contributed by atoms with Gasteiger partial charge in [0.1, 0.15) is 0 Å². The summed E-state index contributed by atoms with van der Waals surface area (Å²) >= 11 is 0. The molecule has 2 aliphatic heterocycles. The Morgan fingerprint density at radius 1 is 1.12 bits per heavy atom. The van der Waals surface area contributed by atoms with Gasteiger partial charge >= 0.3 is 0 Å². The third kappa shape index (κ3) is 3.27. The third-order valence-corrected chi connectivity index (χ3v) is 4.96. The molecule has 0 aliphatic carbocycles. The minimum Gasteiger partial charge on any atom is -0.454 e. The minimum atomic E-state index is -0.360. The van der Waals surface area contributed by atoms with E-state index < -0.39 is 0 Å². The topological polar surface area (TPSA) is 48.0 Å². The number of hydrogen-bond donors (Lipinski definition) is 0. The Hall–Kier alpha value is -2.53. The fourth-order valence-electron chi connectivity index (χ4n) is 3.45. The summed E-state index contributed by atoms with van der Waals surface area (Å²) in [5.74, 6) is 1.31. The summed E-state index contributed by atoms with van der Waals surface area (Å²) in [7, 11) is 0. The number of carbonyl (C=O) groups excluding carboxylic acids is 1. The predicted octanol–water partition coefficient (Wildman–Crippen LogP) is 3.28. The first-order valence-corrected chi connectivity index (χ1v) is 8.90. The van der Waals surface area contributed by atoms with Gasteiger partial charge in [0.15, 0.2) is 11.5 Å². The van der Waals surface area contributed by atoms with Crippen LogP contribution in [0.4, 0.5) is 0 Å². The van der Waals surface area contributed by atoms with Crippen molar-refractivity contribution in [1.29, 1.82) is 0 Å². The molecule has 136 valence electrons. The number of morpholine rings is 1. The summed E-state index contributed by atoms with van der Waals surface area (Å²) in [6.45, 7) is 5.36. The van der Waals surface area contributed by atoms with Crippen LogP contribution in [0.3, 0.4) is 0 Å². The van der Waals surface area contributed by atoms with Crippen LogP contribution >= 0.6 is 0 Å². The van der Waals surface area contributed by atoms with Crippen LogP contribution in [0.1, 0.15) is 29.8 Å². The van der Waals surface area contributed by atoms with E-state index in [0.29, 0.717) is 30.2 Å². The molecule has 1 atom stereocenters. The van der Waals surface area contributed by atoms with Crippen molar-refractivity contribution in [2.24, 2.45) is 0 Å². The molecule has 0 spiro atoms. The van der Waals surface area contributed by atoms with Gasteiger partial charge in [-0.3, -0.25) is 4.79 Å². The summed E-state index contributed by atoms with van der Waals surface area (Å²) in [4.78, 5) is 15.1. The van der Waals surface area contributed by atoms with E-state index in [4.69, 9.17) is 14.2 Å². The molecule has 2 aromatic rings. The van der Waals surface area contributed by atoms with Crippen LogP contribution in [0.15, 0.2) is 48.5 Å². The summed E-state index contributed by atoms with van der Waals surface area (Å²) in [6.07, 6.45) is 0.783. The van der Waals surface area contributed by atoms with Gasteiger partial charge in [-0.25, -0.2) is 0 Å². The fraction of sp³-hybridized carbons (Fsp3) is 0.381. The van der Waals surface area contributed by atoms with Gasteiger partial charge in [-0.05, 0) is 37.6 Å². The lowest BCUT2D eigenvalue weighted by Gasteiger charge is -2.45. The second-order valence-corrected chi connectivity index (χ2v) is 7.42. The molecule has 1 fully saturated rings. The van der Waals surface area contributed by atoms with Crippen LogP contribution in [0.25, 0.3) is 0 Å². The Bertz CT molecular complexity index is 803. The number of rotatable bonds is 3. The Kier molecular flexibility index (Phi) is 4.32. The van der Waals surface area contributed by atoms with Crippen molar-refractivity contribution in [3.63, 3.8) is 0 Å². The molecular formula is C21H23NO4. The number of fused-ring (bicyclic) bond motifs is 1. The van der Waals surface area contributed by atoms with Crippen molar-refractivity contribution >= 4 is 5.91 Å². The summed E-state index contributed by atoms with van der Waals surface area (Å²) in [6, 6.07) is 15.6. The van der Waals surface area contributed by atoms with Gasteiger partial charge in [-0.1, -0.05) is 30.3 Å². The molecule has 2 heterocycles. The quantitative estimate of drug-likeness (QED) is 0.850. The highest BCUT2D eigenvalue weighted by molar-refractivity contribution is 5.95. The van der Waals surface area contributed by atoms with Crippen LogP contribution in [-0.4, -0.2) is 42.4 Å². The van der Waals surface area contributed by atoms with E-state index in [1.165, 1.54) is 5.56 Å². The van der Waals surface area contributed by atoms with E-state index in [2.05, 4.69) is 12.1 Å². The van der Waals surface area contributed by atoms with Crippen molar-refractivity contribution in [3.8, 4) is 11.5 Å². The lowest BCUT2D eigenvalue weighted by Crippen LogP contribution is -2.58. The Balaban J connectivity index is 1.53. The predicted molar refractivity (Wildman–Crippen MR) is 97.6 cm³/mol. The third-order valence-electron chi connectivity index (χ3n) is 4.96. The lowest BCUT2D eigenvalue weighted by molar-refractivity contribution is -0.0821. The highest BCUT2D eigenvalue weighted by Crippen LogP contribution is 2.34. The van der Waals surface area contributed by atoms with E-state index in [1.54, 1.807) is 18.2 Å². The van der Waals surface area contributed by atoms with Crippen LogP contribution < -0.4 is 9.47 Å². The summed E-state index contributed by atoms with van der Waals surface area (Å²) in [5.41, 5.74) is 1.47. The number of carbonyl (C=O) groups is 1. The molecule has 2 aromatic carbocycles. The molecule has 0 saturated carbocycles. The van der Waals surface area contributed by atoms with Gasteiger partial charge in [0.2, 0.25) is 6.79 Å². The van der Waals surface area contributed by atoms with Gasteiger partial charge in [0.05, 0.1) is 18.2 Å². The minimum absolute atomic E-state index is 0.00494. The molecule has 2 aliphatic rings. The maximum Gasteiger partial charge on any atom is 0.254 e. The van der Waals surface area contributed by atoms with Crippen molar-refractivity contribution in [3.05, 3.63) is 59.7 Å². The highest BCUT2D eigenvalue weighted by atomic mass is 16.7. The average Bonchev–Trinajstić information content (AvgIpc) is 3.11. The van der Waals surface area contributed by atoms with Gasteiger partial charge in [0, 0.05) is 18.5 Å². The Labute approximate surface area is 153 Å². The van der Waals surface area contributed by atoms with Crippen molar-refractivity contribution in [2.45, 2.75) is 31.9 Å². The maximum absolute atomic E-state index is 13.2. The maximum atomic E-state index is 13.2. The second kappa shape index (κ2) is 6.65. The van der Waals surface area contributed by atoms with Crippen LogP contribution in [-0.2, 0) is 11.2 Å². The molecule has 1 unspecified atom stereocenters. The van der Waals surface area contributed by atoms with E-state index in [9.17, 15) is 4.79 Å². The summed E-state index contributed by atoms with van der Waals surface area (Å²) in [5, 5.41) is 0. The monoisotopic (exact) mass is 353 g/mol. The largest absolute Gasteiger partial charge is 0.454 e. The van der Waals surface area contributed by atoms with Crippen molar-refractivity contribution in [2.75, 3.05) is 19.9 Å². The first-order chi connectivity index (χ1) is 12.5. The molecule has 0 radical (unpaired) electrons.